The fraction of sp³-hybridized carbons (Fsp3) is 0.600. The number of likely N-dealkylation sites (N-methyl/N-ethyl adjacent to an activating group) is 1. The molecule has 0 spiro atoms. The maximum absolute atomic E-state index is 9.70. The molecule has 0 unspecified atom stereocenters. The highest BCUT2D eigenvalue weighted by Crippen LogP contribution is 2.18. The van der Waals surface area contributed by atoms with Crippen molar-refractivity contribution in [3.05, 3.63) is 6.07 Å². The molecule has 6 heteroatoms. The van der Waals surface area contributed by atoms with Crippen molar-refractivity contribution in [3.8, 4) is 5.88 Å². The van der Waals surface area contributed by atoms with Crippen molar-refractivity contribution in [2.24, 2.45) is 0 Å². The predicted molar refractivity (Wildman–Crippen MR) is 62.6 cm³/mol. The maximum atomic E-state index is 9.70. The van der Waals surface area contributed by atoms with Crippen molar-refractivity contribution in [2.45, 2.75) is 19.4 Å². The highest BCUT2D eigenvalue weighted by molar-refractivity contribution is 5.45. The molecule has 1 aromatic heterocycles. The number of methoxy groups -OCH3 is 1. The van der Waals surface area contributed by atoms with E-state index in [1.807, 2.05) is 7.05 Å². The van der Waals surface area contributed by atoms with E-state index in [-0.39, 0.29) is 5.95 Å². The smallest absolute Gasteiger partial charge is 0.225 e. The Kier molecular flexibility index (Phi) is 3.54. The second-order valence-electron chi connectivity index (χ2n) is 4.30. The molecule has 0 saturated heterocycles. The highest BCUT2D eigenvalue weighted by atomic mass is 16.5. The van der Waals surface area contributed by atoms with Crippen LogP contribution in [0.3, 0.4) is 0 Å². The number of hydrogen-bond acceptors (Lipinski definition) is 6. The number of rotatable bonds is 4. The van der Waals surface area contributed by atoms with E-state index in [2.05, 4.69) is 9.97 Å². The third-order valence-electron chi connectivity index (χ3n) is 1.93. The van der Waals surface area contributed by atoms with Crippen molar-refractivity contribution < 1.29 is 9.84 Å². The van der Waals surface area contributed by atoms with Gasteiger partial charge in [-0.2, -0.15) is 9.97 Å². The summed E-state index contributed by atoms with van der Waals surface area (Å²) in [6, 6.07) is 1.67. The Morgan fingerprint density at radius 2 is 2.12 bits per heavy atom. The minimum atomic E-state index is -0.804. The Morgan fingerprint density at radius 1 is 1.50 bits per heavy atom. The fourth-order valence-corrected chi connectivity index (χ4v) is 1.39. The Balaban J connectivity index is 2.90. The van der Waals surface area contributed by atoms with Crippen LogP contribution in [0.25, 0.3) is 0 Å². The van der Waals surface area contributed by atoms with Gasteiger partial charge in [0.2, 0.25) is 11.8 Å². The summed E-state index contributed by atoms with van der Waals surface area (Å²) in [7, 11) is 3.33. The number of aromatic nitrogens is 2. The van der Waals surface area contributed by atoms with E-state index in [4.69, 9.17) is 10.5 Å². The predicted octanol–water partition coefficient (Wildman–Crippen LogP) is 0.274. The van der Waals surface area contributed by atoms with Crippen LogP contribution in [-0.4, -0.2) is 41.4 Å². The van der Waals surface area contributed by atoms with Gasteiger partial charge >= 0.3 is 0 Å². The van der Waals surface area contributed by atoms with Gasteiger partial charge in [0, 0.05) is 19.7 Å². The lowest BCUT2D eigenvalue weighted by atomic mass is 10.1. The lowest BCUT2D eigenvalue weighted by Crippen LogP contribution is -2.36. The van der Waals surface area contributed by atoms with E-state index in [9.17, 15) is 5.11 Å². The minimum Gasteiger partial charge on any atom is -0.481 e. The molecule has 3 N–H and O–H groups in total. The summed E-state index contributed by atoms with van der Waals surface area (Å²) >= 11 is 0. The molecule has 16 heavy (non-hydrogen) atoms. The van der Waals surface area contributed by atoms with Gasteiger partial charge in [0.25, 0.3) is 0 Å². The van der Waals surface area contributed by atoms with Crippen LogP contribution in [0, 0.1) is 0 Å². The molecule has 0 amide bonds. The first kappa shape index (κ1) is 12.5. The maximum Gasteiger partial charge on any atom is 0.225 e. The molecule has 6 nitrogen and oxygen atoms in total. The van der Waals surface area contributed by atoms with Crippen molar-refractivity contribution >= 4 is 11.8 Å². The SMILES string of the molecule is COc1cc(N(C)CC(C)(C)O)nc(N)n1. The van der Waals surface area contributed by atoms with E-state index < -0.39 is 5.60 Å². The second-order valence-corrected chi connectivity index (χ2v) is 4.30. The lowest BCUT2D eigenvalue weighted by Gasteiger charge is -2.26. The van der Waals surface area contributed by atoms with Gasteiger partial charge in [-0.1, -0.05) is 0 Å². The third-order valence-corrected chi connectivity index (χ3v) is 1.93. The summed E-state index contributed by atoms with van der Waals surface area (Å²) in [5, 5.41) is 9.70. The van der Waals surface area contributed by atoms with Crippen LogP contribution in [0.15, 0.2) is 6.07 Å². The van der Waals surface area contributed by atoms with Gasteiger partial charge in [0.1, 0.15) is 5.82 Å². The zero-order valence-corrected chi connectivity index (χ0v) is 10.1. The number of nitrogen functional groups attached to an aromatic ring is 1. The van der Waals surface area contributed by atoms with Crippen LogP contribution in [0.4, 0.5) is 11.8 Å². The number of hydrogen-bond donors (Lipinski definition) is 2. The zero-order chi connectivity index (χ0) is 12.3. The van der Waals surface area contributed by atoms with Crippen LogP contribution >= 0.6 is 0 Å². The van der Waals surface area contributed by atoms with E-state index in [0.717, 1.165) is 0 Å². The summed E-state index contributed by atoms with van der Waals surface area (Å²) in [5.74, 6) is 1.17. The second kappa shape index (κ2) is 4.52. The van der Waals surface area contributed by atoms with Gasteiger partial charge < -0.3 is 20.5 Å². The molecule has 0 saturated carbocycles. The van der Waals surface area contributed by atoms with Crippen molar-refractivity contribution in [1.29, 1.82) is 0 Å². The molecule has 0 fully saturated rings. The molecule has 0 aliphatic rings. The lowest BCUT2D eigenvalue weighted by molar-refractivity contribution is 0.0884. The third kappa shape index (κ3) is 3.54. The van der Waals surface area contributed by atoms with Gasteiger partial charge in [-0.05, 0) is 13.8 Å². The summed E-state index contributed by atoms with van der Waals surface area (Å²) in [4.78, 5) is 9.75. The Bertz CT molecular complexity index is 362. The average molecular weight is 226 g/mol. The fourth-order valence-electron chi connectivity index (χ4n) is 1.39. The minimum absolute atomic E-state index is 0.150. The van der Waals surface area contributed by atoms with Crippen LogP contribution in [0.5, 0.6) is 5.88 Å². The number of aliphatic hydroxyl groups is 1. The Labute approximate surface area is 95.1 Å². The van der Waals surface area contributed by atoms with Crippen LogP contribution < -0.4 is 15.4 Å². The average Bonchev–Trinajstić information content (AvgIpc) is 2.14. The van der Waals surface area contributed by atoms with Gasteiger partial charge in [-0.15, -0.1) is 0 Å². The highest BCUT2D eigenvalue weighted by Gasteiger charge is 2.17. The molecule has 90 valence electrons. The Morgan fingerprint density at radius 3 is 2.62 bits per heavy atom. The molecule has 0 bridgehead atoms. The van der Waals surface area contributed by atoms with Crippen molar-refractivity contribution in [3.63, 3.8) is 0 Å². The van der Waals surface area contributed by atoms with Gasteiger partial charge in [0.05, 0.1) is 12.7 Å². The summed E-state index contributed by atoms with van der Waals surface area (Å²) in [6.45, 7) is 3.89. The number of nitrogens with two attached hydrogens (primary N) is 1. The molecular formula is C10H18N4O2. The number of nitrogens with zero attached hydrogens (tertiary/aromatic N) is 3. The largest absolute Gasteiger partial charge is 0.481 e. The van der Waals surface area contributed by atoms with Crippen LogP contribution in [0.2, 0.25) is 0 Å². The quantitative estimate of drug-likeness (QED) is 0.767. The summed E-state index contributed by atoms with van der Waals surface area (Å²) in [5.41, 5.74) is 4.74. The molecule has 0 atom stereocenters. The number of ether oxygens (including phenoxy) is 1. The van der Waals surface area contributed by atoms with E-state index in [0.29, 0.717) is 18.2 Å². The van der Waals surface area contributed by atoms with E-state index >= 15 is 0 Å². The van der Waals surface area contributed by atoms with Gasteiger partial charge in [-0.25, -0.2) is 0 Å². The van der Waals surface area contributed by atoms with Crippen LogP contribution in [-0.2, 0) is 0 Å². The van der Waals surface area contributed by atoms with Crippen molar-refractivity contribution in [1.82, 2.24) is 9.97 Å². The number of anilines is 2. The molecule has 0 aliphatic carbocycles. The normalized spacial score (nSPS) is 11.3. The van der Waals surface area contributed by atoms with Crippen LogP contribution in [0.1, 0.15) is 13.8 Å². The first-order chi connectivity index (χ1) is 7.31. The topological polar surface area (TPSA) is 84.5 Å². The summed E-state index contributed by atoms with van der Waals surface area (Å²) < 4.78 is 5.00. The standard InChI is InChI=1S/C10H18N4O2/c1-10(2,15)6-14(3)7-5-8(16-4)13-9(11)12-7/h5,15H,6H2,1-4H3,(H2,11,12,13). The molecule has 0 aliphatic heterocycles. The van der Waals surface area contributed by atoms with E-state index in [1.165, 1.54) is 7.11 Å². The Hall–Kier alpha value is -1.56. The zero-order valence-electron chi connectivity index (χ0n) is 10.1. The summed E-state index contributed by atoms with van der Waals surface area (Å²) in [6.07, 6.45) is 0. The monoisotopic (exact) mass is 226 g/mol. The molecule has 0 radical (unpaired) electrons. The van der Waals surface area contributed by atoms with Gasteiger partial charge in [0.15, 0.2) is 0 Å². The van der Waals surface area contributed by atoms with E-state index in [1.54, 1.807) is 24.8 Å². The molecule has 0 aromatic carbocycles. The van der Waals surface area contributed by atoms with Gasteiger partial charge in [-0.3, -0.25) is 0 Å². The molecule has 1 heterocycles. The first-order valence-electron chi connectivity index (χ1n) is 4.94. The molecule has 1 aromatic rings. The first-order valence-corrected chi connectivity index (χ1v) is 4.94. The molecular weight excluding hydrogens is 208 g/mol. The molecule has 1 rings (SSSR count). The van der Waals surface area contributed by atoms with Crippen molar-refractivity contribution in [2.75, 3.05) is 31.3 Å².